The molecular weight excluding hydrogens is 278 g/mol. The smallest absolute Gasteiger partial charge is 0.313 e. The van der Waals surface area contributed by atoms with E-state index in [9.17, 15) is 4.79 Å². The average molecular weight is 294 g/mol. The zero-order valence-electron chi connectivity index (χ0n) is 11.3. The van der Waals surface area contributed by atoms with Gasteiger partial charge in [0.2, 0.25) is 0 Å². The highest BCUT2D eigenvalue weighted by atomic mass is 35.5. The van der Waals surface area contributed by atoms with Crippen LogP contribution in [0.3, 0.4) is 0 Å². The standard InChI is InChI=1S/C14H16ClN3O2/c1-9(2)18-7-6-17-13(14(18)19)20-12-5-3-4-11(15)10(12)8-16/h3-7,9H,8,16H2,1-2H3. The first kappa shape index (κ1) is 14.6. The van der Waals surface area contributed by atoms with Gasteiger partial charge in [0.05, 0.1) is 0 Å². The third kappa shape index (κ3) is 2.84. The molecule has 1 aromatic heterocycles. The molecule has 0 atom stereocenters. The number of aromatic nitrogens is 2. The number of hydrogen-bond acceptors (Lipinski definition) is 4. The van der Waals surface area contributed by atoms with Gasteiger partial charge in [0, 0.05) is 35.6 Å². The van der Waals surface area contributed by atoms with Crippen LogP contribution in [0.25, 0.3) is 0 Å². The van der Waals surface area contributed by atoms with Gasteiger partial charge in [0.15, 0.2) is 0 Å². The van der Waals surface area contributed by atoms with E-state index in [0.29, 0.717) is 16.3 Å². The molecule has 1 aromatic carbocycles. The van der Waals surface area contributed by atoms with Crippen LogP contribution in [0.4, 0.5) is 0 Å². The Bertz CT molecular complexity index is 668. The Balaban J connectivity index is 2.44. The highest BCUT2D eigenvalue weighted by molar-refractivity contribution is 6.31. The molecule has 2 rings (SSSR count). The monoisotopic (exact) mass is 293 g/mol. The second-order valence-electron chi connectivity index (χ2n) is 4.56. The number of rotatable bonds is 4. The maximum Gasteiger partial charge on any atom is 0.313 e. The van der Waals surface area contributed by atoms with Gasteiger partial charge >= 0.3 is 5.56 Å². The predicted molar refractivity (Wildman–Crippen MR) is 78.3 cm³/mol. The Morgan fingerprint density at radius 2 is 2.20 bits per heavy atom. The first-order valence-corrected chi connectivity index (χ1v) is 6.64. The third-order valence-electron chi connectivity index (χ3n) is 2.88. The summed E-state index contributed by atoms with van der Waals surface area (Å²) in [4.78, 5) is 16.2. The first-order valence-electron chi connectivity index (χ1n) is 6.27. The molecule has 0 aliphatic carbocycles. The summed E-state index contributed by atoms with van der Waals surface area (Å²) >= 11 is 6.05. The van der Waals surface area contributed by atoms with E-state index in [1.54, 1.807) is 29.0 Å². The van der Waals surface area contributed by atoms with Crippen LogP contribution in [0.15, 0.2) is 35.4 Å². The summed E-state index contributed by atoms with van der Waals surface area (Å²) in [6.45, 7) is 4.05. The highest BCUT2D eigenvalue weighted by Gasteiger charge is 2.13. The van der Waals surface area contributed by atoms with Crippen LogP contribution in [0.1, 0.15) is 25.5 Å². The minimum Gasteiger partial charge on any atom is -0.434 e. The number of nitrogens with two attached hydrogens (primary N) is 1. The minimum atomic E-state index is -0.287. The van der Waals surface area contributed by atoms with Crippen molar-refractivity contribution in [3.05, 3.63) is 51.5 Å². The molecule has 0 fully saturated rings. The molecule has 20 heavy (non-hydrogen) atoms. The number of halogens is 1. The molecule has 1 heterocycles. The Labute approximate surface area is 122 Å². The Morgan fingerprint density at radius 3 is 2.85 bits per heavy atom. The van der Waals surface area contributed by atoms with E-state index >= 15 is 0 Å². The molecule has 5 nitrogen and oxygen atoms in total. The summed E-state index contributed by atoms with van der Waals surface area (Å²) < 4.78 is 7.14. The second-order valence-corrected chi connectivity index (χ2v) is 4.97. The third-order valence-corrected chi connectivity index (χ3v) is 3.23. The molecular formula is C14H16ClN3O2. The highest BCUT2D eigenvalue weighted by Crippen LogP contribution is 2.28. The van der Waals surface area contributed by atoms with Gasteiger partial charge < -0.3 is 15.0 Å². The lowest BCUT2D eigenvalue weighted by atomic mass is 10.2. The number of nitrogens with zero attached hydrogens (tertiary/aromatic N) is 2. The van der Waals surface area contributed by atoms with Crippen LogP contribution in [0, 0.1) is 0 Å². The van der Waals surface area contributed by atoms with Crippen LogP contribution < -0.4 is 16.0 Å². The molecule has 2 aromatic rings. The maximum absolute atomic E-state index is 12.2. The van der Waals surface area contributed by atoms with E-state index in [1.165, 1.54) is 6.20 Å². The van der Waals surface area contributed by atoms with Crippen molar-refractivity contribution >= 4 is 11.6 Å². The molecule has 2 N–H and O–H groups in total. The van der Waals surface area contributed by atoms with Crippen molar-refractivity contribution in [2.75, 3.05) is 0 Å². The predicted octanol–water partition coefficient (Wildman–Crippen LogP) is 2.73. The van der Waals surface area contributed by atoms with Crippen molar-refractivity contribution in [2.24, 2.45) is 5.73 Å². The molecule has 0 saturated heterocycles. The van der Waals surface area contributed by atoms with Gasteiger partial charge in [-0.2, -0.15) is 0 Å². The Morgan fingerprint density at radius 1 is 1.45 bits per heavy atom. The second kappa shape index (κ2) is 6.07. The topological polar surface area (TPSA) is 70.1 Å². The lowest BCUT2D eigenvalue weighted by Gasteiger charge is -2.13. The van der Waals surface area contributed by atoms with Crippen molar-refractivity contribution < 1.29 is 4.74 Å². The summed E-state index contributed by atoms with van der Waals surface area (Å²) in [7, 11) is 0. The quantitative estimate of drug-likeness (QED) is 0.941. The fraction of sp³-hybridized carbons (Fsp3) is 0.286. The fourth-order valence-electron chi connectivity index (χ4n) is 1.82. The van der Waals surface area contributed by atoms with Crippen LogP contribution in [-0.4, -0.2) is 9.55 Å². The number of hydrogen-bond donors (Lipinski definition) is 1. The van der Waals surface area contributed by atoms with Crippen LogP contribution in [0.2, 0.25) is 5.02 Å². The zero-order valence-corrected chi connectivity index (χ0v) is 12.1. The molecule has 6 heteroatoms. The lowest BCUT2D eigenvalue weighted by Crippen LogP contribution is -2.23. The van der Waals surface area contributed by atoms with Crippen LogP contribution in [0.5, 0.6) is 11.6 Å². The van der Waals surface area contributed by atoms with Gasteiger partial charge in [-0.1, -0.05) is 17.7 Å². The first-order chi connectivity index (χ1) is 9.54. The van der Waals surface area contributed by atoms with Gasteiger partial charge in [-0.25, -0.2) is 4.98 Å². The summed E-state index contributed by atoms with van der Waals surface area (Å²) in [6.07, 6.45) is 3.16. The van der Waals surface area contributed by atoms with Crippen molar-refractivity contribution in [3.8, 4) is 11.6 Å². The van der Waals surface area contributed by atoms with Crippen molar-refractivity contribution in [2.45, 2.75) is 26.4 Å². The van der Waals surface area contributed by atoms with Gasteiger partial charge in [0.1, 0.15) is 5.75 Å². The van der Waals surface area contributed by atoms with Gasteiger partial charge in [0.25, 0.3) is 5.88 Å². The van der Waals surface area contributed by atoms with Crippen molar-refractivity contribution in [1.29, 1.82) is 0 Å². The molecule has 0 aliphatic rings. The average Bonchev–Trinajstić information content (AvgIpc) is 2.41. The Kier molecular flexibility index (Phi) is 4.42. The molecule has 0 unspecified atom stereocenters. The van der Waals surface area contributed by atoms with E-state index in [0.717, 1.165) is 0 Å². The molecule has 0 saturated carbocycles. The van der Waals surface area contributed by atoms with E-state index in [-0.39, 0.29) is 24.0 Å². The Hall–Kier alpha value is -1.85. The minimum absolute atomic E-state index is 0.0122. The number of ether oxygens (including phenoxy) is 1. The van der Waals surface area contributed by atoms with E-state index in [4.69, 9.17) is 22.1 Å². The van der Waals surface area contributed by atoms with E-state index < -0.39 is 0 Å². The summed E-state index contributed by atoms with van der Waals surface area (Å²) in [5.41, 5.74) is 6.01. The fourth-order valence-corrected chi connectivity index (χ4v) is 2.06. The maximum atomic E-state index is 12.2. The molecule has 106 valence electrons. The van der Waals surface area contributed by atoms with Crippen molar-refractivity contribution in [1.82, 2.24) is 9.55 Å². The van der Waals surface area contributed by atoms with Crippen LogP contribution in [-0.2, 0) is 6.54 Å². The summed E-state index contributed by atoms with van der Waals surface area (Å²) in [5, 5.41) is 0.505. The van der Waals surface area contributed by atoms with E-state index in [2.05, 4.69) is 4.98 Å². The van der Waals surface area contributed by atoms with Crippen LogP contribution >= 0.6 is 11.6 Å². The van der Waals surface area contributed by atoms with Crippen molar-refractivity contribution in [3.63, 3.8) is 0 Å². The normalized spacial score (nSPS) is 10.8. The molecule has 0 amide bonds. The number of benzene rings is 1. The van der Waals surface area contributed by atoms with E-state index in [1.807, 2.05) is 13.8 Å². The summed E-state index contributed by atoms with van der Waals surface area (Å²) in [6, 6.07) is 5.20. The molecule has 0 spiro atoms. The molecule has 0 bridgehead atoms. The molecule has 0 aliphatic heterocycles. The van der Waals surface area contributed by atoms with Gasteiger partial charge in [-0.15, -0.1) is 0 Å². The molecule has 0 radical (unpaired) electrons. The van der Waals surface area contributed by atoms with Gasteiger partial charge in [-0.3, -0.25) is 4.79 Å². The largest absolute Gasteiger partial charge is 0.434 e. The summed E-state index contributed by atoms with van der Waals surface area (Å²) in [5.74, 6) is 0.462. The SMILES string of the molecule is CC(C)n1ccnc(Oc2cccc(Cl)c2CN)c1=O. The lowest BCUT2D eigenvalue weighted by molar-refractivity contribution is 0.432. The zero-order chi connectivity index (χ0) is 14.7. The van der Waals surface area contributed by atoms with Gasteiger partial charge in [-0.05, 0) is 26.0 Å².